The molecule has 0 bridgehead atoms. The molecule has 0 radical (unpaired) electrons. The third-order valence-corrected chi connectivity index (χ3v) is 3.28. The molecule has 1 aromatic carbocycles. The third-order valence-electron chi connectivity index (χ3n) is 2.90. The van der Waals surface area contributed by atoms with E-state index >= 15 is 0 Å². The van der Waals surface area contributed by atoms with Crippen molar-refractivity contribution in [3.05, 3.63) is 35.7 Å². The van der Waals surface area contributed by atoms with Crippen LogP contribution in [-0.4, -0.2) is 21.9 Å². The highest BCUT2D eigenvalue weighted by Gasteiger charge is 2.16. The Balaban J connectivity index is 2.25. The first-order valence-electron chi connectivity index (χ1n) is 6.15. The first-order chi connectivity index (χ1) is 8.91. The zero-order chi connectivity index (χ0) is 14.0. The van der Waals surface area contributed by atoms with E-state index in [1.807, 2.05) is 12.1 Å². The molecule has 0 amide bonds. The Kier molecular flexibility index (Phi) is 3.96. The van der Waals surface area contributed by atoms with Crippen LogP contribution >= 0.6 is 12.6 Å². The summed E-state index contributed by atoms with van der Waals surface area (Å²) >= 11 is 4.15. The van der Waals surface area contributed by atoms with Crippen LogP contribution in [-0.2, 0) is 5.41 Å². The van der Waals surface area contributed by atoms with Gasteiger partial charge in [0.05, 0.1) is 6.61 Å². The molecule has 2 aromatic rings. The molecule has 2 rings (SSSR count). The fourth-order valence-electron chi connectivity index (χ4n) is 1.68. The monoisotopic (exact) mass is 278 g/mol. The summed E-state index contributed by atoms with van der Waals surface area (Å²) in [4.78, 5) is 0. The molecule has 1 unspecified atom stereocenters. The van der Waals surface area contributed by atoms with Crippen LogP contribution in [0.25, 0.3) is 11.5 Å². The zero-order valence-electron chi connectivity index (χ0n) is 11.3. The molecule has 0 aliphatic carbocycles. The van der Waals surface area contributed by atoms with Crippen LogP contribution < -0.4 is 0 Å². The molecule has 19 heavy (non-hydrogen) atoms. The molecular weight excluding hydrogens is 260 g/mol. The number of aromatic nitrogens is 2. The molecule has 5 heteroatoms. The Bertz CT molecular complexity index is 543. The van der Waals surface area contributed by atoms with Gasteiger partial charge in [-0.15, -0.1) is 10.2 Å². The van der Waals surface area contributed by atoms with E-state index in [1.165, 1.54) is 5.56 Å². The maximum atomic E-state index is 8.99. The van der Waals surface area contributed by atoms with Crippen molar-refractivity contribution in [2.75, 3.05) is 6.61 Å². The number of benzene rings is 1. The zero-order valence-corrected chi connectivity index (χ0v) is 12.2. The molecule has 0 saturated heterocycles. The number of aliphatic hydroxyl groups excluding tert-OH is 1. The highest BCUT2D eigenvalue weighted by molar-refractivity contribution is 7.80. The van der Waals surface area contributed by atoms with Crippen LogP contribution in [0, 0.1) is 0 Å². The van der Waals surface area contributed by atoms with Crippen molar-refractivity contribution in [3.63, 3.8) is 0 Å². The molecule has 1 N–H and O–H groups in total. The van der Waals surface area contributed by atoms with Gasteiger partial charge < -0.3 is 9.52 Å². The SMILES string of the molecule is CC(C)(C)c1ccc(-c2nnc(C(S)CO)o2)cc1. The van der Waals surface area contributed by atoms with Crippen molar-refractivity contribution in [1.29, 1.82) is 0 Å². The van der Waals surface area contributed by atoms with Gasteiger partial charge in [0.2, 0.25) is 11.8 Å². The summed E-state index contributed by atoms with van der Waals surface area (Å²) in [6, 6.07) is 8.04. The number of rotatable bonds is 3. The summed E-state index contributed by atoms with van der Waals surface area (Å²) < 4.78 is 5.49. The molecule has 4 nitrogen and oxygen atoms in total. The average molecular weight is 278 g/mol. The molecule has 1 heterocycles. The van der Waals surface area contributed by atoms with E-state index in [-0.39, 0.29) is 12.0 Å². The standard InChI is InChI=1S/C14H18N2O2S/c1-14(2,3)10-6-4-9(5-7-10)12-15-16-13(18-12)11(19)8-17/h4-7,11,17,19H,8H2,1-3H3. The van der Waals surface area contributed by atoms with E-state index in [2.05, 4.69) is 55.7 Å². The smallest absolute Gasteiger partial charge is 0.247 e. The highest BCUT2D eigenvalue weighted by atomic mass is 32.1. The summed E-state index contributed by atoms with van der Waals surface area (Å²) in [6.07, 6.45) is 0. The van der Waals surface area contributed by atoms with Crippen LogP contribution in [0.15, 0.2) is 28.7 Å². The van der Waals surface area contributed by atoms with Gasteiger partial charge in [0.25, 0.3) is 0 Å². The minimum absolute atomic E-state index is 0.117. The minimum Gasteiger partial charge on any atom is -0.419 e. The van der Waals surface area contributed by atoms with Crippen molar-refractivity contribution < 1.29 is 9.52 Å². The molecule has 1 aromatic heterocycles. The van der Waals surface area contributed by atoms with Crippen molar-refractivity contribution >= 4 is 12.6 Å². The molecule has 0 aliphatic heterocycles. The quantitative estimate of drug-likeness (QED) is 0.847. The fraction of sp³-hybridized carbons (Fsp3) is 0.429. The van der Waals surface area contributed by atoms with Crippen LogP contribution in [0.4, 0.5) is 0 Å². The van der Waals surface area contributed by atoms with Crippen molar-refractivity contribution in [2.24, 2.45) is 0 Å². The van der Waals surface area contributed by atoms with E-state index in [9.17, 15) is 0 Å². The van der Waals surface area contributed by atoms with Crippen LogP contribution in [0.5, 0.6) is 0 Å². The Morgan fingerprint density at radius 3 is 2.37 bits per heavy atom. The lowest BCUT2D eigenvalue weighted by atomic mass is 9.87. The van der Waals surface area contributed by atoms with Crippen molar-refractivity contribution in [3.8, 4) is 11.5 Å². The van der Waals surface area contributed by atoms with E-state index in [0.717, 1.165) is 5.56 Å². The second kappa shape index (κ2) is 5.35. The third kappa shape index (κ3) is 3.16. The Morgan fingerprint density at radius 1 is 1.21 bits per heavy atom. The Labute approximate surface area is 118 Å². The lowest BCUT2D eigenvalue weighted by molar-refractivity contribution is 0.282. The van der Waals surface area contributed by atoms with Gasteiger partial charge in [0.1, 0.15) is 5.25 Å². The topological polar surface area (TPSA) is 59.2 Å². The fourth-order valence-corrected chi connectivity index (χ4v) is 1.78. The molecule has 0 saturated carbocycles. The van der Waals surface area contributed by atoms with Gasteiger partial charge in [-0.2, -0.15) is 12.6 Å². The number of nitrogens with zero attached hydrogens (tertiary/aromatic N) is 2. The second-order valence-corrected chi connectivity index (χ2v) is 6.09. The lowest BCUT2D eigenvalue weighted by Gasteiger charge is -2.18. The average Bonchev–Trinajstić information content (AvgIpc) is 2.86. The largest absolute Gasteiger partial charge is 0.419 e. The second-order valence-electron chi connectivity index (χ2n) is 5.47. The highest BCUT2D eigenvalue weighted by Crippen LogP contribution is 2.27. The summed E-state index contributed by atoms with van der Waals surface area (Å²) in [5, 5.41) is 16.4. The Morgan fingerprint density at radius 2 is 1.84 bits per heavy atom. The molecule has 102 valence electrons. The summed E-state index contributed by atoms with van der Waals surface area (Å²) in [5.74, 6) is 0.781. The number of thiol groups is 1. The van der Waals surface area contributed by atoms with Crippen molar-refractivity contribution in [2.45, 2.75) is 31.4 Å². The lowest BCUT2D eigenvalue weighted by Crippen LogP contribution is -2.10. The van der Waals surface area contributed by atoms with Gasteiger partial charge in [-0.3, -0.25) is 0 Å². The number of hydrogen-bond acceptors (Lipinski definition) is 5. The van der Waals surface area contributed by atoms with Crippen LogP contribution in [0.3, 0.4) is 0 Å². The van der Waals surface area contributed by atoms with Gasteiger partial charge in [-0.05, 0) is 23.1 Å². The van der Waals surface area contributed by atoms with E-state index in [4.69, 9.17) is 9.52 Å². The van der Waals surface area contributed by atoms with Crippen LogP contribution in [0.1, 0.15) is 37.5 Å². The first-order valence-corrected chi connectivity index (χ1v) is 6.66. The predicted octanol–water partition coefficient (Wildman–Crippen LogP) is 3.00. The molecule has 0 spiro atoms. The predicted molar refractivity (Wildman–Crippen MR) is 77.2 cm³/mol. The van der Waals surface area contributed by atoms with Gasteiger partial charge in [0.15, 0.2) is 0 Å². The molecular formula is C14H18N2O2S. The maximum Gasteiger partial charge on any atom is 0.247 e. The maximum absolute atomic E-state index is 8.99. The van der Waals surface area contributed by atoms with Gasteiger partial charge in [0, 0.05) is 5.56 Å². The molecule has 1 atom stereocenters. The van der Waals surface area contributed by atoms with Gasteiger partial charge in [-0.25, -0.2) is 0 Å². The first kappa shape index (κ1) is 14.1. The van der Waals surface area contributed by atoms with Gasteiger partial charge in [-0.1, -0.05) is 32.9 Å². The number of hydrogen-bond donors (Lipinski definition) is 2. The number of aliphatic hydroxyl groups is 1. The van der Waals surface area contributed by atoms with E-state index in [0.29, 0.717) is 11.8 Å². The van der Waals surface area contributed by atoms with E-state index in [1.54, 1.807) is 0 Å². The summed E-state index contributed by atoms with van der Waals surface area (Å²) in [7, 11) is 0. The summed E-state index contributed by atoms with van der Waals surface area (Å²) in [6.45, 7) is 6.37. The van der Waals surface area contributed by atoms with E-state index < -0.39 is 5.25 Å². The Hall–Kier alpha value is -1.33. The normalized spacial score (nSPS) is 13.5. The molecule has 0 aliphatic rings. The summed E-state index contributed by atoms with van der Waals surface area (Å²) in [5.41, 5.74) is 2.23. The molecule has 0 fully saturated rings. The van der Waals surface area contributed by atoms with Gasteiger partial charge >= 0.3 is 0 Å². The minimum atomic E-state index is -0.435. The van der Waals surface area contributed by atoms with Crippen molar-refractivity contribution in [1.82, 2.24) is 10.2 Å². The van der Waals surface area contributed by atoms with Crippen LogP contribution in [0.2, 0.25) is 0 Å².